The van der Waals surface area contributed by atoms with E-state index in [-0.39, 0.29) is 11.8 Å². The van der Waals surface area contributed by atoms with Crippen LogP contribution in [0, 0.1) is 6.92 Å². The van der Waals surface area contributed by atoms with Crippen molar-refractivity contribution in [3.8, 4) is 0 Å². The SMILES string of the molecule is Cc1onc(C(C)C)c1C(=O)N1CC[C@@]2(CCCO2)[C@@H](O)C1. The van der Waals surface area contributed by atoms with Crippen LogP contribution in [0.25, 0.3) is 0 Å². The molecule has 6 heteroatoms. The third-order valence-corrected chi connectivity index (χ3v) is 4.88. The fraction of sp³-hybridized carbons (Fsp3) is 0.750. The Morgan fingerprint density at radius 2 is 2.23 bits per heavy atom. The number of amides is 1. The second-order valence-corrected chi connectivity index (χ2v) is 6.69. The molecule has 0 bridgehead atoms. The molecule has 0 aromatic carbocycles. The number of hydrogen-bond donors (Lipinski definition) is 1. The third kappa shape index (κ3) is 2.44. The molecule has 2 atom stereocenters. The molecule has 1 aromatic heterocycles. The Balaban J connectivity index is 1.78. The molecule has 1 N–H and O–H groups in total. The first-order valence-corrected chi connectivity index (χ1v) is 8.02. The number of aliphatic hydroxyl groups excluding tert-OH is 1. The van der Waals surface area contributed by atoms with E-state index in [0.29, 0.717) is 43.1 Å². The summed E-state index contributed by atoms with van der Waals surface area (Å²) in [6.45, 7) is 7.33. The molecule has 0 saturated carbocycles. The minimum Gasteiger partial charge on any atom is -0.388 e. The first-order chi connectivity index (χ1) is 10.4. The summed E-state index contributed by atoms with van der Waals surface area (Å²) in [6.07, 6.45) is 1.91. The Labute approximate surface area is 130 Å². The molecule has 0 unspecified atom stereocenters. The van der Waals surface area contributed by atoms with Gasteiger partial charge < -0.3 is 19.3 Å². The summed E-state index contributed by atoms with van der Waals surface area (Å²) in [5, 5.41) is 14.5. The van der Waals surface area contributed by atoms with Gasteiger partial charge in [-0.1, -0.05) is 19.0 Å². The molecule has 1 spiro atoms. The summed E-state index contributed by atoms with van der Waals surface area (Å²) in [5.41, 5.74) is 0.793. The molecule has 22 heavy (non-hydrogen) atoms. The predicted octanol–water partition coefficient (Wildman–Crippen LogP) is 1.86. The minimum absolute atomic E-state index is 0.102. The zero-order valence-electron chi connectivity index (χ0n) is 13.5. The largest absolute Gasteiger partial charge is 0.388 e. The lowest BCUT2D eigenvalue weighted by molar-refractivity contribution is -0.123. The van der Waals surface area contributed by atoms with Gasteiger partial charge in [0.2, 0.25) is 0 Å². The van der Waals surface area contributed by atoms with Crippen molar-refractivity contribution in [3.63, 3.8) is 0 Å². The Morgan fingerprint density at radius 3 is 2.82 bits per heavy atom. The van der Waals surface area contributed by atoms with Gasteiger partial charge in [0.15, 0.2) is 0 Å². The van der Waals surface area contributed by atoms with Crippen LogP contribution in [-0.4, -0.2) is 52.5 Å². The summed E-state index contributed by atoms with van der Waals surface area (Å²) >= 11 is 0. The number of hydrogen-bond acceptors (Lipinski definition) is 5. The molecule has 0 aliphatic carbocycles. The van der Waals surface area contributed by atoms with E-state index >= 15 is 0 Å². The van der Waals surface area contributed by atoms with Crippen molar-refractivity contribution in [1.82, 2.24) is 10.1 Å². The summed E-state index contributed by atoms with van der Waals surface area (Å²) in [5.74, 6) is 0.561. The molecule has 2 aliphatic rings. The van der Waals surface area contributed by atoms with Crippen molar-refractivity contribution >= 4 is 5.91 Å². The van der Waals surface area contributed by atoms with Crippen molar-refractivity contribution in [1.29, 1.82) is 0 Å². The van der Waals surface area contributed by atoms with Crippen LogP contribution >= 0.6 is 0 Å². The smallest absolute Gasteiger partial charge is 0.259 e. The van der Waals surface area contributed by atoms with Gasteiger partial charge in [0.25, 0.3) is 5.91 Å². The van der Waals surface area contributed by atoms with E-state index in [1.54, 1.807) is 11.8 Å². The Hall–Kier alpha value is -1.40. The fourth-order valence-corrected chi connectivity index (χ4v) is 3.52. The molecule has 3 rings (SSSR count). The van der Waals surface area contributed by atoms with E-state index in [9.17, 15) is 9.90 Å². The number of carbonyl (C=O) groups is 1. The maximum Gasteiger partial charge on any atom is 0.259 e. The van der Waals surface area contributed by atoms with Crippen LogP contribution in [-0.2, 0) is 4.74 Å². The van der Waals surface area contributed by atoms with Crippen LogP contribution in [0.2, 0.25) is 0 Å². The highest BCUT2D eigenvalue weighted by molar-refractivity contribution is 5.96. The Kier molecular flexibility index (Phi) is 3.99. The Morgan fingerprint density at radius 1 is 1.45 bits per heavy atom. The first kappa shape index (κ1) is 15.5. The fourth-order valence-electron chi connectivity index (χ4n) is 3.52. The van der Waals surface area contributed by atoms with Crippen molar-refractivity contribution < 1.29 is 19.2 Å². The zero-order chi connectivity index (χ0) is 15.9. The minimum atomic E-state index is -0.629. The molecule has 3 heterocycles. The maximum absolute atomic E-state index is 12.8. The zero-order valence-corrected chi connectivity index (χ0v) is 13.5. The molecule has 2 aliphatic heterocycles. The van der Waals surface area contributed by atoms with Gasteiger partial charge in [-0.15, -0.1) is 0 Å². The molecule has 2 saturated heterocycles. The van der Waals surface area contributed by atoms with Gasteiger partial charge in [-0.25, -0.2) is 0 Å². The molecule has 1 aromatic rings. The number of rotatable bonds is 2. The average molecular weight is 308 g/mol. The topological polar surface area (TPSA) is 75.8 Å². The van der Waals surface area contributed by atoms with Crippen molar-refractivity contribution in [3.05, 3.63) is 17.0 Å². The standard InChI is InChI=1S/C16H24N2O4/c1-10(2)14-13(11(3)22-17-14)15(20)18-7-6-16(12(19)9-18)5-4-8-21-16/h10,12,19H,4-9H2,1-3H3/t12-,16-/m0/s1. The number of likely N-dealkylation sites (tertiary alicyclic amines) is 1. The number of aliphatic hydroxyl groups is 1. The summed E-state index contributed by atoms with van der Waals surface area (Å²) in [6, 6.07) is 0. The number of nitrogens with zero attached hydrogens (tertiary/aromatic N) is 2. The maximum atomic E-state index is 12.8. The van der Waals surface area contributed by atoms with E-state index in [4.69, 9.17) is 9.26 Å². The van der Waals surface area contributed by atoms with Gasteiger partial charge in [-0.3, -0.25) is 4.79 Å². The highest BCUT2D eigenvalue weighted by Crippen LogP contribution is 2.36. The number of piperidine rings is 1. The number of aryl methyl sites for hydroxylation is 1. The van der Waals surface area contributed by atoms with E-state index in [1.165, 1.54) is 0 Å². The van der Waals surface area contributed by atoms with Gasteiger partial charge in [0, 0.05) is 19.7 Å². The lowest BCUT2D eigenvalue weighted by Gasteiger charge is -2.42. The molecule has 6 nitrogen and oxygen atoms in total. The summed E-state index contributed by atoms with van der Waals surface area (Å²) in [7, 11) is 0. The third-order valence-electron chi connectivity index (χ3n) is 4.88. The number of aromatic nitrogens is 1. The van der Waals surface area contributed by atoms with Crippen molar-refractivity contribution in [2.75, 3.05) is 19.7 Å². The number of ether oxygens (including phenoxy) is 1. The van der Waals surface area contributed by atoms with Gasteiger partial charge >= 0.3 is 0 Å². The lowest BCUT2D eigenvalue weighted by atomic mass is 9.85. The number of β-amino-alcohol motifs (C(OH)–C–C–N with tert-alkyl or cyclic N) is 1. The van der Waals surface area contributed by atoms with Crippen LogP contribution in [0.4, 0.5) is 0 Å². The Bertz CT molecular complexity index is 560. The highest BCUT2D eigenvalue weighted by atomic mass is 16.5. The van der Waals surface area contributed by atoms with Gasteiger partial charge in [0.1, 0.15) is 17.4 Å². The van der Waals surface area contributed by atoms with E-state index in [0.717, 1.165) is 12.8 Å². The molecular weight excluding hydrogens is 284 g/mol. The van der Waals surface area contributed by atoms with Gasteiger partial charge in [-0.2, -0.15) is 0 Å². The monoisotopic (exact) mass is 308 g/mol. The van der Waals surface area contributed by atoms with Crippen LogP contribution in [0.1, 0.15) is 60.8 Å². The van der Waals surface area contributed by atoms with Crippen LogP contribution < -0.4 is 0 Å². The van der Waals surface area contributed by atoms with Gasteiger partial charge in [-0.05, 0) is 32.1 Å². The van der Waals surface area contributed by atoms with Crippen LogP contribution in [0.5, 0.6) is 0 Å². The number of carbonyl (C=O) groups excluding carboxylic acids is 1. The van der Waals surface area contributed by atoms with Crippen LogP contribution in [0.3, 0.4) is 0 Å². The molecule has 122 valence electrons. The van der Waals surface area contributed by atoms with Gasteiger partial charge in [0.05, 0.1) is 11.3 Å². The summed E-state index contributed by atoms with van der Waals surface area (Å²) < 4.78 is 11.0. The molecule has 0 radical (unpaired) electrons. The van der Waals surface area contributed by atoms with Crippen LogP contribution in [0.15, 0.2) is 4.52 Å². The molecule has 2 fully saturated rings. The van der Waals surface area contributed by atoms with Crippen molar-refractivity contribution in [2.45, 2.75) is 57.7 Å². The second kappa shape index (κ2) is 5.66. The lowest BCUT2D eigenvalue weighted by Crippen LogP contribution is -2.56. The molecule has 1 amide bonds. The normalized spacial score (nSPS) is 28.8. The predicted molar refractivity (Wildman–Crippen MR) is 79.8 cm³/mol. The first-order valence-electron chi connectivity index (χ1n) is 8.02. The quantitative estimate of drug-likeness (QED) is 0.902. The van der Waals surface area contributed by atoms with E-state index in [1.807, 2.05) is 13.8 Å². The highest BCUT2D eigenvalue weighted by Gasteiger charge is 2.47. The second-order valence-electron chi connectivity index (χ2n) is 6.69. The molecular formula is C16H24N2O4. The average Bonchev–Trinajstić information content (AvgIpc) is 3.09. The van der Waals surface area contributed by atoms with E-state index in [2.05, 4.69) is 5.16 Å². The van der Waals surface area contributed by atoms with Crippen molar-refractivity contribution in [2.24, 2.45) is 0 Å². The van der Waals surface area contributed by atoms with E-state index < -0.39 is 11.7 Å². The summed E-state index contributed by atoms with van der Waals surface area (Å²) in [4.78, 5) is 14.5.